The van der Waals surface area contributed by atoms with Gasteiger partial charge >= 0.3 is 6.18 Å². The van der Waals surface area contributed by atoms with Crippen molar-refractivity contribution in [3.05, 3.63) is 87.3 Å². The molecule has 4 aromatic rings. The first-order chi connectivity index (χ1) is 17.0. The summed E-state index contributed by atoms with van der Waals surface area (Å²) >= 11 is 0. The van der Waals surface area contributed by atoms with Crippen LogP contribution in [0, 0.1) is 6.92 Å². The van der Waals surface area contributed by atoms with Crippen LogP contribution in [0.25, 0.3) is 16.7 Å². The molecule has 1 amide bonds. The molecule has 0 aliphatic rings. The number of nitrogens with one attached hydrogen (secondary N) is 1. The number of pyridine rings is 1. The lowest BCUT2D eigenvalue weighted by atomic mass is 10.0. The van der Waals surface area contributed by atoms with E-state index in [1.54, 1.807) is 24.3 Å². The van der Waals surface area contributed by atoms with Gasteiger partial charge in [-0.3, -0.25) is 14.2 Å². The van der Waals surface area contributed by atoms with Crippen molar-refractivity contribution in [2.45, 2.75) is 52.8 Å². The van der Waals surface area contributed by atoms with Crippen LogP contribution in [0.2, 0.25) is 0 Å². The maximum Gasteiger partial charge on any atom is 0.417 e. The summed E-state index contributed by atoms with van der Waals surface area (Å²) < 4.78 is 44.0. The molecule has 0 bridgehead atoms. The molecule has 0 unspecified atom stereocenters. The van der Waals surface area contributed by atoms with Gasteiger partial charge in [-0.05, 0) is 54.7 Å². The second-order valence-corrected chi connectivity index (χ2v) is 9.02. The third-order valence-electron chi connectivity index (χ3n) is 6.15. The van der Waals surface area contributed by atoms with Crippen LogP contribution in [0.3, 0.4) is 0 Å². The number of nitrogens with zero attached hydrogens (tertiary/aromatic N) is 3. The predicted octanol–water partition coefficient (Wildman–Crippen LogP) is 5.84. The number of aryl methyl sites for hydroxylation is 2. The Balaban J connectivity index is 1.82. The van der Waals surface area contributed by atoms with Crippen molar-refractivity contribution in [3.8, 4) is 5.69 Å². The van der Waals surface area contributed by atoms with E-state index < -0.39 is 29.8 Å². The van der Waals surface area contributed by atoms with Crippen LogP contribution in [0.1, 0.15) is 49.1 Å². The molecule has 2 aromatic heterocycles. The van der Waals surface area contributed by atoms with Gasteiger partial charge in [0.25, 0.3) is 5.56 Å². The zero-order valence-corrected chi connectivity index (χ0v) is 20.5. The number of carbonyl (C=O) groups excluding carboxylic acids is 1. The summed E-state index contributed by atoms with van der Waals surface area (Å²) in [5.41, 5.74) is 1.18. The number of hydrogen-bond acceptors (Lipinski definition) is 3. The molecule has 0 radical (unpaired) electrons. The largest absolute Gasteiger partial charge is 0.417 e. The Labute approximate surface area is 206 Å². The lowest BCUT2D eigenvalue weighted by Crippen LogP contribution is -2.30. The minimum atomic E-state index is -4.76. The molecule has 36 heavy (non-hydrogen) atoms. The van der Waals surface area contributed by atoms with Gasteiger partial charge in [0.05, 0.1) is 22.3 Å². The van der Waals surface area contributed by atoms with E-state index in [2.05, 4.69) is 24.3 Å². The van der Waals surface area contributed by atoms with Crippen molar-refractivity contribution in [3.63, 3.8) is 0 Å². The normalized spacial score (nSPS) is 11.9. The van der Waals surface area contributed by atoms with Crippen molar-refractivity contribution in [1.82, 2.24) is 14.3 Å². The molecule has 0 aliphatic heterocycles. The zero-order valence-electron chi connectivity index (χ0n) is 20.5. The summed E-state index contributed by atoms with van der Waals surface area (Å²) in [7, 11) is 0. The zero-order chi connectivity index (χ0) is 26.2. The number of alkyl halides is 3. The van der Waals surface area contributed by atoms with Crippen LogP contribution in [-0.4, -0.2) is 20.3 Å². The van der Waals surface area contributed by atoms with E-state index in [4.69, 9.17) is 0 Å². The molecule has 0 spiro atoms. The number of fused-ring (bicyclic) bond motifs is 1. The maximum atomic E-state index is 13.9. The highest BCUT2D eigenvalue weighted by molar-refractivity contribution is 5.92. The SMILES string of the molecule is CCc1ccc(-n2nc(C)c3c(C(F)(F)F)cc(=O)n(CC(=O)Nc4ccc(C(C)C)cc4)c32)cc1. The summed E-state index contributed by atoms with van der Waals surface area (Å²) in [5, 5.41) is 6.85. The monoisotopic (exact) mass is 496 g/mol. The van der Waals surface area contributed by atoms with E-state index >= 15 is 0 Å². The molecule has 4 rings (SSSR count). The summed E-state index contributed by atoms with van der Waals surface area (Å²) in [5.74, 6) is -0.217. The Kier molecular flexibility index (Phi) is 6.75. The number of carbonyl (C=O) groups is 1. The molecule has 0 aliphatic carbocycles. The number of benzene rings is 2. The van der Waals surface area contributed by atoms with Crippen molar-refractivity contribution in [2.24, 2.45) is 0 Å². The average Bonchev–Trinajstić information content (AvgIpc) is 3.17. The fourth-order valence-electron chi connectivity index (χ4n) is 4.18. The molecule has 0 atom stereocenters. The van der Waals surface area contributed by atoms with Gasteiger partial charge in [-0.1, -0.05) is 45.0 Å². The van der Waals surface area contributed by atoms with Crippen LogP contribution in [0.5, 0.6) is 0 Å². The Hall–Kier alpha value is -3.88. The topological polar surface area (TPSA) is 68.9 Å². The molecule has 6 nitrogen and oxygen atoms in total. The van der Waals surface area contributed by atoms with Crippen LogP contribution in [0.15, 0.2) is 59.4 Å². The number of anilines is 1. The van der Waals surface area contributed by atoms with Gasteiger partial charge in [0.15, 0.2) is 0 Å². The van der Waals surface area contributed by atoms with Crippen LogP contribution >= 0.6 is 0 Å². The smallest absolute Gasteiger partial charge is 0.325 e. The highest BCUT2D eigenvalue weighted by Gasteiger charge is 2.36. The van der Waals surface area contributed by atoms with Crippen molar-refractivity contribution < 1.29 is 18.0 Å². The van der Waals surface area contributed by atoms with Crippen LogP contribution < -0.4 is 10.9 Å². The first-order valence-electron chi connectivity index (χ1n) is 11.7. The van der Waals surface area contributed by atoms with E-state index in [0.717, 1.165) is 22.1 Å². The third-order valence-corrected chi connectivity index (χ3v) is 6.15. The van der Waals surface area contributed by atoms with Crippen LogP contribution in [-0.2, 0) is 23.9 Å². The fourth-order valence-corrected chi connectivity index (χ4v) is 4.18. The van der Waals surface area contributed by atoms with E-state index in [-0.39, 0.29) is 16.7 Å². The molecule has 0 saturated carbocycles. The first-order valence-corrected chi connectivity index (χ1v) is 11.7. The first kappa shape index (κ1) is 25.2. The molecule has 9 heteroatoms. The predicted molar refractivity (Wildman–Crippen MR) is 134 cm³/mol. The van der Waals surface area contributed by atoms with Crippen LogP contribution in [0.4, 0.5) is 18.9 Å². The molecule has 2 heterocycles. The number of rotatable bonds is 6. The summed E-state index contributed by atoms with van der Waals surface area (Å²) in [6, 6.07) is 15.0. The molecule has 2 aromatic carbocycles. The average molecular weight is 497 g/mol. The second-order valence-electron chi connectivity index (χ2n) is 9.02. The number of amides is 1. The highest BCUT2D eigenvalue weighted by atomic mass is 19.4. The number of hydrogen-bond donors (Lipinski definition) is 1. The summed E-state index contributed by atoms with van der Waals surface area (Å²) in [4.78, 5) is 25.8. The Morgan fingerprint density at radius 2 is 1.69 bits per heavy atom. The van der Waals surface area contributed by atoms with Gasteiger partial charge in [-0.2, -0.15) is 18.3 Å². The molecule has 0 fully saturated rings. The van der Waals surface area contributed by atoms with Gasteiger partial charge in [0, 0.05) is 11.8 Å². The third kappa shape index (κ3) is 4.91. The van der Waals surface area contributed by atoms with Crippen molar-refractivity contribution in [2.75, 3.05) is 5.32 Å². The lowest BCUT2D eigenvalue weighted by molar-refractivity contribution is -0.136. The second kappa shape index (κ2) is 9.64. The van der Waals surface area contributed by atoms with E-state index in [1.807, 2.05) is 31.2 Å². The van der Waals surface area contributed by atoms with Crippen molar-refractivity contribution >= 4 is 22.6 Å². The quantitative estimate of drug-likeness (QED) is 0.365. The minimum absolute atomic E-state index is 0.0816. The Morgan fingerprint density at radius 3 is 2.25 bits per heavy atom. The highest BCUT2D eigenvalue weighted by Crippen LogP contribution is 2.36. The summed E-state index contributed by atoms with van der Waals surface area (Å²) in [6.07, 6.45) is -3.97. The van der Waals surface area contributed by atoms with E-state index in [1.165, 1.54) is 11.6 Å². The van der Waals surface area contributed by atoms with E-state index in [0.29, 0.717) is 23.4 Å². The standard InChI is InChI=1S/C27H27F3N4O2/c1-5-18-6-12-21(13-7-18)34-26-25(17(4)32-34)22(27(28,29)30)14-24(36)33(26)15-23(35)31-20-10-8-19(9-11-20)16(2)3/h6-14,16H,5,15H2,1-4H3,(H,31,35). The maximum absolute atomic E-state index is 13.9. The number of halogens is 3. The van der Waals surface area contributed by atoms with Gasteiger partial charge in [0.1, 0.15) is 12.2 Å². The number of aromatic nitrogens is 3. The Bertz CT molecular complexity index is 1460. The van der Waals surface area contributed by atoms with Gasteiger partial charge < -0.3 is 5.32 Å². The Morgan fingerprint density at radius 1 is 1.06 bits per heavy atom. The molecule has 0 saturated heterocycles. The van der Waals surface area contributed by atoms with Gasteiger partial charge in [-0.15, -0.1) is 0 Å². The van der Waals surface area contributed by atoms with Gasteiger partial charge in [0.2, 0.25) is 5.91 Å². The molecular formula is C27H27F3N4O2. The van der Waals surface area contributed by atoms with E-state index in [9.17, 15) is 22.8 Å². The van der Waals surface area contributed by atoms with Crippen molar-refractivity contribution in [1.29, 1.82) is 0 Å². The molecule has 188 valence electrons. The lowest BCUT2D eigenvalue weighted by Gasteiger charge is -2.15. The summed E-state index contributed by atoms with van der Waals surface area (Å²) in [6.45, 7) is 7.08. The molecular weight excluding hydrogens is 469 g/mol. The molecule has 1 N–H and O–H groups in total. The minimum Gasteiger partial charge on any atom is -0.325 e. The fraction of sp³-hybridized carbons (Fsp3) is 0.296. The van der Waals surface area contributed by atoms with Gasteiger partial charge in [-0.25, -0.2) is 4.68 Å².